The first-order valence-electron chi connectivity index (χ1n) is 6.18. The van der Waals surface area contributed by atoms with Crippen molar-refractivity contribution in [1.82, 2.24) is 0 Å². The zero-order valence-corrected chi connectivity index (χ0v) is 15.4. The minimum Gasteiger partial charge on any atom is -0.496 e. The number of halogens is 3. The number of ether oxygens (including phenoxy) is 2. The van der Waals surface area contributed by atoms with Crippen LogP contribution in [0.15, 0.2) is 39.3 Å². The van der Waals surface area contributed by atoms with Gasteiger partial charge in [-0.3, -0.25) is 0 Å². The van der Waals surface area contributed by atoms with Gasteiger partial charge in [0.25, 0.3) is 0 Å². The minimum atomic E-state index is -0.0709. The lowest BCUT2D eigenvalue weighted by atomic mass is 10.1. The van der Waals surface area contributed by atoms with Crippen molar-refractivity contribution in [1.29, 1.82) is 0 Å². The van der Waals surface area contributed by atoms with Crippen LogP contribution < -0.4 is 15.2 Å². The van der Waals surface area contributed by atoms with Gasteiger partial charge < -0.3 is 15.2 Å². The van der Waals surface area contributed by atoms with Crippen molar-refractivity contribution in [3.05, 3.63) is 49.9 Å². The zero-order chi connectivity index (χ0) is 15.6. The van der Waals surface area contributed by atoms with Crippen molar-refractivity contribution < 1.29 is 9.47 Å². The standard InChI is InChI=1S/C15H14Br2ClNO2/c1-8(19)9-3-4-13(12(18)5-9)21-15-7-10(16)14(20-2)6-11(15)17/h3-8H,19H2,1-2H3. The Balaban J connectivity index is 2.32. The summed E-state index contributed by atoms with van der Waals surface area (Å²) < 4.78 is 12.6. The molecule has 0 aliphatic carbocycles. The minimum absolute atomic E-state index is 0.0709. The number of hydrogen-bond acceptors (Lipinski definition) is 3. The van der Waals surface area contributed by atoms with E-state index in [1.807, 2.05) is 37.3 Å². The van der Waals surface area contributed by atoms with Gasteiger partial charge >= 0.3 is 0 Å². The second-order valence-corrected chi connectivity index (χ2v) is 6.61. The molecule has 0 radical (unpaired) electrons. The van der Waals surface area contributed by atoms with Crippen molar-refractivity contribution >= 4 is 43.5 Å². The number of rotatable bonds is 4. The second kappa shape index (κ2) is 7.01. The summed E-state index contributed by atoms with van der Waals surface area (Å²) in [5.41, 5.74) is 6.79. The molecular formula is C15H14Br2ClNO2. The normalized spacial score (nSPS) is 12.1. The monoisotopic (exact) mass is 433 g/mol. The van der Waals surface area contributed by atoms with Gasteiger partial charge in [0.1, 0.15) is 17.2 Å². The third-order valence-corrected chi connectivity index (χ3v) is 4.44. The van der Waals surface area contributed by atoms with Gasteiger partial charge in [-0.25, -0.2) is 0 Å². The van der Waals surface area contributed by atoms with E-state index in [9.17, 15) is 0 Å². The van der Waals surface area contributed by atoms with Crippen LogP contribution in [0.3, 0.4) is 0 Å². The molecule has 0 fully saturated rings. The molecule has 112 valence electrons. The molecule has 2 aromatic rings. The molecule has 1 unspecified atom stereocenters. The third-order valence-electron chi connectivity index (χ3n) is 2.91. The van der Waals surface area contributed by atoms with Crippen LogP contribution in [0.5, 0.6) is 17.2 Å². The smallest absolute Gasteiger partial charge is 0.146 e. The van der Waals surface area contributed by atoms with Gasteiger partial charge in [0.2, 0.25) is 0 Å². The van der Waals surface area contributed by atoms with Crippen molar-refractivity contribution in [2.24, 2.45) is 5.73 Å². The van der Waals surface area contributed by atoms with Crippen LogP contribution >= 0.6 is 43.5 Å². The van der Waals surface area contributed by atoms with Crippen LogP contribution in [0.4, 0.5) is 0 Å². The van der Waals surface area contributed by atoms with Crippen LogP contribution in [0.1, 0.15) is 18.5 Å². The quantitative estimate of drug-likeness (QED) is 0.671. The highest BCUT2D eigenvalue weighted by molar-refractivity contribution is 9.11. The average Bonchev–Trinajstić information content (AvgIpc) is 2.44. The summed E-state index contributed by atoms with van der Waals surface area (Å²) >= 11 is 13.1. The summed E-state index contributed by atoms with van der Waals surface area (Å²) in [7, 11) is 1.61. The van der Waals surface area contributed by atoms with E-state index in [1.54, 1.807) is 7.11 Å². The molecule has 0 bridgehead atoms. The number of methoxy groups -OCH3 is 1. The first kappa shape index (κ1) is 16.6. The van der Waals surface area contributed by atoms with Gasteiger partial charge in [-0.2, -0.15) is 0 Å². The van der Waals surface area contributed by atoms with Gasteiger partial charge in [0.05, 0.1) is 21.1 Å². The molecule has 2 aromatic carbocycles. The van der Waals surface area contributed by atoms with Gasteiger partial charge in [-0.05, 0) is 68.6 Å². The molecule has 2 rings (SSSR count). The van der Waals surface area contributed by atoms with Gasteiger partial charge in [-0.1, -0.05) is 17.7 Å². The molecule has 0 aliphatic heterocycles. The van der Waals surface area contributed by atoms with E-state index in [1.165, 1.54) is 0 Å². The summed E-state index contributed by atoms with van der Waals surface area (Å²) in [5.74, 6) is 1.92. The summed E-state index contributed by atoms with van der Waals surface area (Å²) in [6, 6.07) is 9.10. The fraction of sp³-hybridized carbons (Fsp3) is 0.200. The Kier molecular flexibility index (Phi) is 5.54. The van der Waals surface area contributed by atoms with Gasteiger partial charge in [-0.15, -0.1) is 0 Å². The Labute approximate surface area is 145 Å². The second-order valence-electron chi connectivity index (χ2n) is 4.50. The maximum absolute atomic E-state index is 6.24. The molecule has 0 saturated heterocycles. The molecule has 0 saturated carbocycles. The molecule has 0 aromatic heterocycles. The lowest BCUT2D eigenvalue weighted by Gasteiger charge is -2.13. The molecule has 0 spiro atoms. The summed E-state index contributed by atoms with van der Waals surface area (Å²) in [6.07, 6.45) is 0. The fourth-order valence-electron chi connectivity index (χ4n) is 1.75. The van der Waals surface area contributed by atoms with E-state index in [0.29, 0.717) is 22.3 Å². The molecule has 6 heteroatoms. The maximum Gasteiger partial charge on any atom is 0.146 e. The van der Waals surface area contributed by atoms with Crippen molar-refractivity contribution in [3.8, 4) is 17.2 Å². The topological polar surface area (TPSA) is 44.5 Å². The SMILES string of the molecule is COc1cc(Br)c(Oc2ccc(C(C)N)cc2Cl)cc1Br. The average molecular weight is 436 g/mol. The molecule has 21 heavy (non-hydrogen) atoms. The molecule has 0 aliphatic rings. The largest absolute Gasteiger partial charge is 0.496 e. The van der Waals surface area contributed by atoms with Crippen LogP contribution in [0.2, 0.25) is 5.02 Å². The predicted octanol–water partition coefficient (Wildman–Crippen LogP) is 5.69. The van der Waals surface area contributed by atoms with Crippen molar-refractivity contribution in [2.45, 2.75) is 13.0 Å². The number of benzene rings is 2. The Hall–Kier alpha value is -0.750. The van der Waals surface area contributed by atoms with Crippen molar-refractivity contribution in [3.63, 3.8) is 0 Å². The predicted molar refractivity (Wildman–Crippen MR) is 92.5 cm³/mol. The molecule has 3 nitrogen and oxygen atoms in total. The molecule has 0 heterocycles. The molecular weight excluding hydrogens is 421 g/mol. The molecule has 1 atom stereocenters. The highest BCUT2D eigenvalue weighted by Gasteiger charge is 2.12. The van der Waals surface area contributed by atoms with Crippen molar-refractivity contribution in [2.75, 3.05) is 7.11 Å². The maximum atomic E-state index is 6.24. The van der Waals surface area contributed by atoms with E-state index in [4.69, 9.17) is 26.8 Å². The lowest BCUT2D eigenvalue weighted by Crippen LogP contribution is -2.04. The summed E-state index contributed by atoms with van der Waals surface area (Å²) in [6.45, 7) is 1.91. The van der Waals surface area contributed by atoms with Crippen LogP contribution in [-0.4, -0.2) is 7.11 Å². The van der Waals surface area contributed by atoms with Gasteiger partial charge in [0, 0.05) is 6.04 Å². The number of hydrogen-bond donors (Lipinski definition) is 1. The third kappa shape index (κ3) is 3.92. The van der Waals surface area contributed by atoms with E-state index in [2.05, 4.69) is 31.9 Å². The van der Waals surface area contributed by atoms with Crippen LogP contribution in [0.25, 0.3) is 0 Å². The first-order chi connectivity index (χ1) is 9.92. The zero-order valence-electron chi connectivity index (χ0n) is 11.5. The van der Waals surface area contributed by atoms with Crippen LogP contribution in [-0.2, 0) is 0 Å². The van der Waals surface area contributed by atoms with Gasteiger partial charge in [0.15, 0.2) is 0 Å². The van der Waals surface area contributed by atoms with Crippen LogP contribution in [0, 0.1) is 0 Å². The highest BCUT2D eigenvalue weighted by Crippen LogP contribution is 2.40. The molecule has 2 N–H and O–H groups in total. The van der Waals surface area contributed by atoms with E-state index >= 15 is 0 Å². The Morgan fingerprint density at radius 2 is 1.67 bits per heavy atom. The highest BCUT2D eigenvalue weighted by atomic mass is 79.9. The lowest BCUT2D eigenvalue weighted by molar-refractivity contribution is 0.409. The fourth-order valence-corrected chi connectivity index (χ4v) is 2.86. The first-order valence-corrected chi connectivity index (χ1v) is 8.14. The summed E-state index contributed by atoms with van der Waals surface area (Å²) in [5, 5.41) is 0.517. The van der Waals surface area contributed by atoms with E-state index in [0.717, 1.165) is 14.5 Å². The Bertz CT molecular complexity index is 662. The summed E-state index contributed by atoms with van der Waals surface area (Å²) in [4.78, 5) is 0. The van der Waals surface area contributed by atoms with E-state index in [-0.39, 0.29) is 6.04 Å². The molecule has 0 amide bonds. The number of nitrogens with two attached hydrogens (primary N) is 1. The Morgan fingerprint density at radius 1 is 1.05 bits per heavy atom. The Morgan fingerprint density at radius 3 is 2.24 bits per heavy atom. The van der Waals surface area contributed by atoms with E-state index < -0.39 is 0 Å².